The van der Waals surface area contributed by atoms with Crippen LogP contribution in [0.3, 0.4) is 0 Å². The van der Waals surface area contributed by atoms with E-state index in [-0.39, 0.29) is 0 Å². The summed E-state index contributed by atoms with van der Waals surface area (Å²) >= 11 is 0. The average molecular weight is 146 g/mol. The first-order valence-electron chi connectivity index (χ1n) is 4.11. The highest BCUT2D eigenvalue weighted by Gasteiger charge is 2.24. The molecule has 11 heavy (non-hydrogen) atoms. The third-order valence-electron chi connectivity index (χ3n) is 2.23. The zero-order valence-corrected chi connectivity index (χ0v) is 6.51. The van der Waals surface area contributed by atoms with Crippen LogP contribution in [0.1, 0.15) is 29.9 Å². The van der Waals surface area contributed by atoms with Gasteiger partial charge < -0.3 is 5.73 Å². The van der Waals surface area contributed by atoms with E-state index in [1.54, 1.807) is 0 Å². The second-order valence-electron chi connectivity index (χ2n) is 3.10. The highest BCUT2D eigenvalue weighted by atomic mass is 14.5. The summed E-state index contributed by atoms with van der Waals surface area (Å²) in [5.41, 5.74) is 8.33. The molecular weight excluding hydrogens is 134 g/mol. The van der Waals surface area contributed by atoms with Crippen LogP contribution in [0.4, 0.5) is 0 Å². The lowest BCUT2D eigenvalue weighted by atomic mass is 10.0. The fraction of sp³-hybridized carbons (Fsp3) is 0.400. The minimum absolute atomic E-state index is 0.667. The van der Waals surface area contributed by atoms with Gasteiger partial charge in [0.1, 0.15) is 0 Å². The van der Waals surface area contributed by atoms with Crippen molar-refractivity contribution in [3.63, 3.8) is 0 Å². The Morgan fingerprint density at radius 1 is 1.55 bits per heavy atom. The van der Waals surface area contributed by atoms with Crippen molar-refractivity contribution in [2.75, 3.05) is 0 Å². The first kappa shape index (κ1) is 6.86. The highest BCUT2D eigenvalue weighted by molar-refractivity contribution is 5.32. The van der Waals surface area contributed by atoms with Crippen molar-refractivity contribution in [1.29, 1.82) is 0 Å². The molecule has 1 nitrogen and oxygen atoms in total. The number of hydrogen-bond donors (Lipinski definition) is 1. The normalized spacial score (nSPS) is 16.8. The molecule has 1 aliphatic carbocycles. The van der Waals surface area contributed by atoms with Crippen molar-refractivity contribution in [2.24, 2.45) is 5.73 Å². The molecule has 1 aromatic rings. The number of nitrogens with two attached hydrogens (primary N) is 1. The standard InChI is InChI=1S/C10H12N/c11-7-9-3-1-2-4-10(9)8-5-6-8/h1,3-4,8H,5-7,11H2. The lowest BCUT2D eigenvalue weighted by molar-refractivity contribution is 0.996. The Morgan fingerprint density at radius 2 is 2.36 bits per heavy atom. The Balaban J connectivity index is 2.34. The van der Waals surface area contributed by atoms with Crippen LogP contribution in [0, 0.1) is 6.07 Å². The fourth-order valence-electron chi connectivity index (χ4n) is 1.44. The molecule has 0 atom stereocenters. The molecule has 0 saturated heterocycles. The molecule has 57 valence electrons. The summed E-state index contributed by atoms with van der Waals surface area (Å²) in [5.74, 6) is 0.797. The first-order chi connectivity index (χ1) is 5.42. The Labute approximate surface area is 67.2 Å². The topological polar surface area (TPSA) is 26.0 Å². The highest BCUT2D eigenvalue weighted by Crippen LogP contribution is 2.41. The summed E-state index contributed by atoms with van der Waals surface area (Å²) in [6, 6.07) is 9.20. The van der Waals surface area contributed by atoms with Gasteiger partial charge in [-0.25, -0.2) is 0 Å². The summed E-state index contributed by atoms with van der Waals surface area (Å²) in [4.78, 5) is 0. The second kappa shape index (κ2) is 2.67. The minimum atomic E-state index is 0.667. The van der Waals surface area contributed by atoms with Crippen LogP contribution >= 0.6 is 0 Å². The first-order valence-corrected chi connectivity index (χ1v) is 4.11. The van der Waals surface area contributed by atoms with Gasteiger partial charge in [-0.3, -0.25) is 0 Å². The molecular formula is C10H12N. The Bertz CT molecular complexity index is 251. The van der Waals surface area contributed by atoms with Gasteiger partial charge >= 0.3 is 0 Å². The monoisotopic (exact) mass is 146 g/mol. The van der Waals surface area contributed by atoms with E-state index in [1.165, 1.54) is 24.0 Å². The fourth-order valence-corrected chi connectivity index (χ4v) is 1.44. The summed E-state index contributed by atoms with van der Waals surface area (Å²) in [6.07, 6.45) is 2.68. The lowest BCUT2D eigenvalue weighted by Crippen LogP contribution is -1.99. The second-order valence-corrected chi connectivity index (χ2v) is 3.10. The van der Waals surface area contributed by atoms with E-state index in [4.69, 9.17) is 5.73 Å². The summed E-state index contributed by atoms with van der Waals surface area (Å²) in [7, 11) is 0. The molecule has 2 N–H and O–H groups in total. The third kappa shape index (κ3) is 1.29. The molecule has 0 bridgehead atoms. The van der Waals surface area contributed by atoms with Gasteiger partial charge in [-0.1, -0.05) is 18.2 Å². The van der Waals surface area contributed by atoms with Crippen LogP contribution in [-0.4, -0.2) is 0 Å². The SMILES string of the molecule is NCc1cc[c]cc1C1CC1. The van der Waals surface area contributed by atoms with E-state index in [2.05, 4.69) is 18.2 Å². The molecule has 0 aliphatic heterocycles. The average Bonchev–Trinajstić information content (AvgIpc) is 2.87. The van der Waals surface area contributed by atoms with Crippen molar-refractivity contribution >= 4 is 0 Å². The lowest BCUT2D eigenvalue weighted by Gasteiger charge is -2.03. The molecule has 0 heterocycles. The van der Waals surface area contributed by atoms with Crippen LogP contribution in [-0.2, 0) is 6.54 Å². The van der Waals surface area contributed by atoms with Gasteiger partial charge in [0.05, 0.1) is 0 Å². The van der Waals surface area contributed by atoms with E-state index in [9.17, 15) is 0 Å². The predicted molar refractivity (Wildman–Crippen MR) is 45.1 cm³/mol. The van der Waals surface area contributed by atoms with E-state index < -0.39 is 0 Å². The van der Waals surface area contributed by atoms with Gasteiger partial charge in [-0.2, -0.15) is 0 Å². The van der Waals surface area contributed by atoms with Crippen LogP contribution < -0.4 is 5.73 Å². The van der Waals surface area contributed by atoms with Crippen molar-refractivity contribution in [2.45, 2.75) is 25.3 Å². The largest absolute Gasteiger partial charge is 0.326 e. The molecule has 0 aromatic heterocycles. The molecule has 1 aromatic carbocycles. The molecule has 1 radical (unpaired) electrons. The molecule has 1 fully saturated rings. The van der Waals surface area contributed by atoms with Gasteiger partial charge in [-0.05, 0) is 36.0 Å². The summed E-state index contributed by atoms with van der Waals surface area (Å²) < 4.78 is 0. The zero-order chi connectivity index (χ0) is 7.68. The molecule has 0 unspecified atom stereocenters. The van der Waals surface area contributed by atoms with Crippen molar-refractivity contribution in [1.82, 2.24) is 0 Å². The summed E-state index contributed by atoms with van der Waals surface area (Å²) in [5, 5.41) is 0. The molecule has 1 heteroatoms. The van der Waals surface area contributed by atoms with Crippen molar-refractivity contribution in [3.05, 3.63) is 35.4 Å². The quantitative estimate of drug-likeness (QED) is 0.676. The Morgan fingerprint density at radius 3 is 3.00 bits per heavy atom. The van der Waals surface area contributed by atoms with E-state index >= 15 is 0 Å². The van der Waals surface area contributed by atoms with Gasteiger partial charge in [0.25, 0.3) is 0 Å². The molecule has 1 saturated carbocycles. The number of hydrogen-bond acceptors (Lipinski definition) is 1. The smallest absolute Gasteiger partial charge is 0.0180 e. The van der Waals surface area contributed by atoms with Crippen LogP contribution in [0.2, 0.25) is 0 Å². The van der Waals surface area contributed by atoms with Crippen LogP contribution in [0.5, 0.6) is 0 Å². The van der Waals surface area contributed by atoms with Crippen molar-refractivity contribution in [3.8, 4) is 0 Å². The van der Waals surface area contributed by atoms with E-state index in [0.717, 1.165) is 5.92 Å². The van der Waals surface area contributed by atoms with Gasteiger partial charge in [-0.15, -0.1) is 0 Å². The molecule has 0 amide bonds. The maximum Gasteiger partial charge on any atom is 0.0180 e. The number of rotatable bonds is 2. The third-order valence-corrected chi connectivity index (χ3v) is 2.23. The Kier molecular flexibility index (Phi) is 1.66. The van der Waals surface area contributed by atoms with E-state index in [0.29, 0.717) is 6.54 Å². The maximum atomic E-state index is 5.60. The molecule has 2 rings (SSSR count). The van der Waals surface area contributed by atoms with Crippen molar-refractivity contribution < 1.29 is 0 Å². The molecule has 0 spiro atoms. The molecule has 1 aliphatic rings. The van der Waals surface area contributed by atoms with E-state index in [1.807, 2.05) is 6.07 Å². The van der Waals surface area contributed by atoms with Crippen LogP contribution in [0.15, 0.2) is 18.2 Å². The van der Waals surface area contributed by atoms with Crippen LogP contribution in [0.25, 0.3) is 0 Å². The van der Waals surface area contributed by atoms with Gasteiger partial charge in [0.2, 0.25) is 0 Å². The predicted octanol–water partition coefficient (Wildman–Crippen LogP) is 1.82. The van der Waals surface area contributed by atoms with Gasteiger partial charge in [0, 0.05) is 6.54 Å². The minimum Gasteiger partial charge on any atom is -0.326 e. The Hall–Kier alpha value is -0.820. The number of benzene rings is 1. The maximum absolute atomic E-state index is 5.60. The zero-order valence-electron chi connectivity index (χ0n) is 6.51. The summed E-state index contributed by atoms with van der Waals surface area (Å²) in [6.45, 7) is 0.667. The van der Waals surface area contributed by atoms with Gasteiger partial charge in [0.15, 0.2) is 0 Å².